The van der Waals surface area contributed by atoms with E-state index in [1.807, 2.05) is 18.2 Å². The molecule has 1 aromatic carbocycles. The van der Waals surface area contributed by atoms with Crippen LogP contribution in [0.5, 0.6) is 5.75 Å². The van der Waals surface area contributed by atoms with Crippen LogP contribution in [0.15, 0.2) is 22.7 Å². The lowest BCUT2D eigenvalue weighted by Crippen LogP contribution is -2.17. The van der Waals surface area contributed by atoms with Crippen molar-refractivity contribution >= 4 is 10.9 Å². The zero-order valence-electron chi connectivity index (χ0n) is 8.49. The zero-order chi connectivity index (χ0) is 10.5. The van der Waals surface area contributed by atoms with E-state index in [1.165, 1.54) is 0 Å². The topological polar surface area (TPSA) is 61.3 Å². The molecule has 0 spiro atoms. The summed E-state index contributed by atoms with van der Waals surface area (Å²) in [6.07, 6.45) is 1.93. The Hall–Kier alpha value is -1.55. The van der Waals surface area contributed by atoms with Crippen LogP contribution in [-0.4, -0.2) is 12.3 Å². The molecule has 2 aromatic rings. The van der Waals surface area contributed by atoms with Gasteiger partial charge in [-0.2, -0.15) is 0 Å². The summed E-state index contributed by atoms with van der Waals surface area (Å²) in [5.74, 6) is 1.59. The van der Waals surface area contributed by atoms with E-state index in [4.69, 9.17) is 15.0 Å². The molecule has 15 heavy (non-hydrogen) atoms. The van der Waals surface area contributed by atoms with Gasteiger partial charge in [0.2, 0.25) is 0 Å². The Morgan fingerprint density at radius 1 is 1.47 bits per heavy atom. The predicted molar refractivity (Wildman–Crippen MR) is 55.7 cm³/mol. The molecule has 0 aliphatic heterocycles. The van der Waals surface area contributed by atoms with E-state index in [9.17, 15) is 0 Å². The number of nitrogens with two attached hydrogens (primary N) is 1. The average molecular weight is 204 g/mol. The zero-order valence-corrected chi connectivity index (χ0v) is 8.49. The summed E-state index contributed by atoms with van der Waals surface area (Å²) in [4.78, 5) is 0. The molecular formula is C11H12N2O2. The molecule has 0 atom stereocenters. The van der Waals surface area contributed by atoms with Gasteiger partial charge in [0.25, 0.3) is 0 Å². The van der Waals surface area contributed by atoms with Crippen LogP contribution < -0.4 is 10.5 Å². The van der Waals surface area contributed by atoms with Gasteiger partial charge in [0.15, 0.2) is 5.76 Å². The van der Waals surface area contributed by atoms with Gasteiger partial charge in [-0.05, 0) is 31.0 Å². The Kier molecular flexibility index (Phi) is 1.59. The highest BCUT2D eigenvalue weighted by Crippen LogP contribution is 2.45. The Bertz CT molecular complexity index is 514. The lowest BCUT2D eigenvalue weighted by Gasteiger charge is -2.03. The molecular weight excluding hydrogens is 192 g/mol. The van der Waals surface area contributed by atoms with Crippen molar-refractivity contribution < 1.29 is 9.26 Å². The van der Waals surface area contributed by atoms with E-state index in [0.717, 1.165) is 35.3 Å². The molecule has 1 heterocycles. The molecule has 0 radical (unpaired) electrons. The Balaban J connectivity index is 2.22. The van der Waals surface area contributed by atoms with Crippen LogP contribution in [0.4, 0.5) is 0 Å². The molecule has 78 valence electrons. The Morgan fingerprint density at radius 2 is 2.27 bits per heavy atom. The molecule has 0 saturated heterocycles. The van der Waals surface area contributed by atoms with Crippen LogP contribution in [-0.2, 0) is 5.54 Å². The first-order valence-electron chi connectivity index (χ1n) is 4.96. The fourth-order valence-electron chi connectivity index (χ4n) is 1.77. The van der Waals surface area contributed by atoms with Crippen molar-refractivity contribution in [2.45, 2.75) is 18.4 Å². The van der Waals surface area contributed by atoms with Crippen molar-refractivity contribution in [1.29, 1.82) is 0 Å². The first-order chi connectivity index (χ1) is 7.23. The lowest BCUT2D eigenvalue weighted by molar-refractivity contribution is 0.362. The van der Waals surface area contributed by atoms with Crippen LogP contribution in [0.2, 0.25) is 0 Å². The fraction of sp³-hybridized carbons (Fsp3) is 0.364. The maximum Gasteiger partial charge on any atom is 0.164 e. The smallest absolute Gasteiger partial charge is 0.164 e. The maximum atomic E-state index is 6.10. The van der Waals surface area contributed by atoms with E-state index in [-0.39, 0.29) is 5.54 Å². The van der Waals surface area contributed by atoms with Gasteiger partial charge in [0.1, 0.15) is 11.3 Å². The summed E-state index contributed by atoms with van der Waals surface area (Å²) in [6, 6.07) is 5.67. The van der Waals surface area contributed by atoms with Gasteiger partial charge in [-0.25, -0.2) is 0 Å². The van der Waals surface area contributed by atoms with Gasteiger partial charge < -0.3 is 15.0 Å². The molecule has 1 saturated carbocycles. The average Bonchev–Trinajstić information content (AvgIpc) is 2.86. The highest BCUT2D eigenvalue weighted by atomic mass is 16.5. The third-order valence-corrected chi connectivity index (χ3v) is 2.92. The molecule has 1 fully saturated rings. The molecule has 0 amide bonds. The Labute approximate surface area is 87.0 Å². The van der Waals surface area contributed by atoms with Gasteiger partial charge >= 0.3 is 0 Å². The number of nitrogens with zero attached hydrogens (tertiary/aromatic N) is 1. The molecule has 4 heteroatoms. The SMILES string of the molecule is COc1ccc2noc(C3(N)CC3)c2c1. The number of fused-ring (bicyclic) bond motifs is 1. The molecule has 1 aliphatic carbocycles. The molecule has 0 bridgehead atoms. The molecule has 1 aromatic heterocycles. The second kappa shape index (κ2) is 2.73. The second-order valence-electron chi connectivity index (χ2n) is 4.05. The van der Waals surface area contributed by atoms with Gasteiger partial charge in [-0.15, -0.1) is 0 Å². The molecule has 3 rings (SSSR count). The maximum absolute atomic E-state index is 6.10. The van der Waals surface area contributed by atoms with Gasteiger partial charge in [-0.1, -0.05) is 5.16 Å². The van der Waals surface area contributed by atoms with Crippen molar-refractivity contribution in [3.05, 3.63) is 24.0 Å². The second-order valence-corrected chi connectivity index (χ2v) is 4.05. The number of hydrogen-bond donors (Lipinski definition) is 1. The minimum absolute atomic E-state index is 0.291. The highest BCUT2D eigenvalue weighted by molar-refractivity contribution is 5.83. The molecule has 1 aliphatic rings. The normalized spacial score (nSPS) is 18.0. The van der Waals surface area contributed by atoms with Gasteiger partial charge in [0.05, 0.1) is 18.0 Å². The van der Waals surface area contributed by atoms with Crippen LogP contribution >= 0.6 is 0 Å². The monoisotopic (exact) mass is 204 g/mol. The summed E-state index contributed by atoms with van der Waals surface area (Å²) in [5, 5.41) is 4.96. The van der Waals surface area contributed by atoms with Crippen molar-refractivity contribution in [3.63, 3.8) is 0 Å². The van der Waals surface area contributed by atoms with Gasteiger partial charge in [0, 0.05) is 0 Å². The van der Waals surface area contributed by atoms with E-state index < -0.39 is 0 Å². The quantitative estimate of drug-likeness (QED) is 0.810. The number of ether oxygens (including phenoxy) is 1. The fourth-order valence-corrected chi connectivity index (χ4v) is 1.77. The first-order valence-corrected chi connectivity index (χ1v) is 4.96. The van der Waals surface area contributed by atoms with Crippen LogP contribution in [0.25, 0.3) is 10.9 Å². The summed E-state index contributed by atoms with van der Waals surface area (Å²) < 4.78 is 10.5. The largest absolute Gasteiger partial charge is 0.497 e. The first kappa shape index (κ1) is 8.73. The van der Waals surface area contributed by atoms with Gasteiger partial charge in [-0.3, -0.25) is 0 Å². The van der Waals surface area contributed by atoms with E-state index in [0.29, 0.717) is 0 Å². The lowest BCUT2D eigenvalue weighted by atomic mass is 10.1. The molecule has 0 unspecified atom stereocenters. The van der Waals surface area contributed by atoms with E-state index in [1.54, 1.807) is 7.11 Å². The summed E-state index contributed by atoms with van der Waals surface area (Å²) in [5.41, 5.74) is 6.64. The number of aromatic nitrogens is 1. The third kappa shape index (κ3) is 1.22. The molecule has 4 nitrogen and oxygen atoms in total. The van der Waals surface area contributed by atoms with E-state index >= 15 is 0 Å². The van der Waals surface area contributed by atoms with Crippen LogP contribution in [0.3, 0.4) is 0 Å². The standard InChI is InChI=1S/C11H12N2O2/c1-14-7-2-3-9-8(6-7)10(15-13-9)11(12)4-5-11/h2-3,6H,4-5,12H2,1H3. The minimum atomic E-state index is -0.291. The minimum Gasteiger partial charge on any atom is -0.497 e. The summed E-state index contributed by atoms with van der Waals surface area (Å²) in [6.45, 7) is 0. The summed E-state index contributed by atoms with van der Waals surface area (Å²) >= 11 is 0. The number of hydrogen-bond acceptors (Lipinski definition) is 4. The number of methoxy groups -OCH3 is 1. The van der Waals surface area contributed by atoms with Crippen LogP contribution in [0.1, 0.15) is 18.6 Å². The summed E-state index contributed by atoms with van der Waals surface area (Å²) in [7, 11) is 1.64. The van der Waals surface area contributed by atoms with Crippen molar-refractivity contribution in [1.82, 2.24) is 5.16 Å². The van der Waals surface area contributed by atoms with Crippen molar-refractivity contribution in [3.8, 4) is 5.75 Å². The predicted octanol–water partition coefficient (Wildman–Crippen LogP) is 1.78. The Morgan fingerprint density at radius 3 is 2.93 bits per heavy atom. The third-order valence-electron chi connectivity index (χ3n) is 2.92. The molecule has 2 N–H and O–H groups in total. The number of rotatable bonds is 2. The highest BCUT2D eigenvalue weighted by Gasteiger charge is 2.45. The number of benzene rings is 1. The van der Waals surface area contributed by atoms with Crippen molar-refractivity contribution in [2.75, 3.05) is 7.11 Å². The van der Waals surface area contributed by atoms with Crippen molar-refractivity contribution in [2.24, 2.45) is 5.73 Å². The van der Waals surface area contributed by atoms with E-state index in [2.05, 4.69) is 5.16 Å². The van der Waals surface area contributed by atoms with Crippen LogP contribution in [0, 0.1) is 0 Å².